The summed E-state index contributed by atoms with van der Waals surface area (Å²) in [6.07, 6.45) is 4.58. The summed E-state index contributed by atoms with van der Waals surface area (Å²) in [5.41, 5.74) is 9.71. The molecule has 2 aliphatic carbocycles. The lowest BCUT2D eigenvalue weighted by Crippen LogP contribution is -2.58. The van der Waals surface area contributed by atoms with Crippen LogP contribution in [-0.4, -0.2) is 57.0 Å². The largest absolute Gasteiger partial charge is 0.453 e. The van der Waals surface area contributed by atoms with Gasteiger partial charge in [0, 0.05) is 35.2 Å². The summed E-state index contributed by atoms with van der Waals surface area (Å²) in [5, 5.41) is 22.1. The van der Waals surface area contributed by atoms with E-state index in [1.165, 1.54) is 7.11 Å². The van der Waals surface area contributed by atoms with Gasteiger partial charge in [0.25, 0.3) is 0 Å². The molecule has 2 aromatic carbocycles. The number of anilines is 1. The van der Waals surface area contributed by atoms with E-state index < -0.39 is 11.1 Å². The molecule has 4 N–H and O–H groups in total. The van der Waals surface area contributed by atoms with E-state index in [-0.39, 0.29) is 30.0 Å². The minimum Gasteiger partial charge on any atom is -0.453 e. The zero-order chi connectivity index (χ0) is 30.8. The number of hydrogen-bond donors (Lipinski definition) is 3. The molecule has 0 spiro atoms. The van der Waals surface area contributed by atoms with Crippen molar-refractivity contribution in [2.75, 3.05) is 12.4 Å². The normalized spacial score (nSPS) is 25.1. The number of ether oxygens (including phenoxy) is 1. The van der Waals surface area contributed by atoms with Gasteiger partial charge in [-0.3, -0.25) is 4.79 Å². The molecule has 0 aliphatic heterocycles. The van der Waals surface area contributed by atoms with E-state index in [0.29, 0.717) is 30.8 Å². The second kappa shape index (κ2) is 12.4. The van der Waals surface area contributed by atoms with E-state index in [1.54, 1.807) is 0 Å². The first-order chi connectivity index (χ1) is 20.5. The highest BCUT2D eigenvalue weighted by Crippen LogP contribution is 2.46. The summed E-state index contributed by atoms with van der Waals surface area (Å²) in [6, 6.07) is 20.0. The average molecular weight is 586 g/mol. The first-order valence-electron chi connectivity index (χ1n) is 15.2. The lowest BCUT2D eigenvalue weighted by atomic mass is 9.63. The Morgan fingerprint density at radius 3 is 2.26 bits per heavy atom. The van der Waals surface area contributed by atoms with Gasteiger partial charge >= 0.3 is 6.09 Å². The van der Waals surface area contributed by atoms with Crippen molar-refractivity contribution in [3.05, 3.63) is 66.2 Å². The molecule has 43 heavy (non-hydrogen) atoms. The number of aromatic nitrogens is 2. The van der Waals surface area contributed by atoms with Crippen LogP contribution in [0.1, 0.15) is 71.3 Å². The van der Waals surface area contributed by atoms with Gasteiger partial charge in [0.15, 0.2) is 5.82 Å². The number of rotatable bonds is 8. The van der Waals surface area contributed by atoms with Crippen molar-refractivity contribution in [1.82, 2.24) is 15.1 Å². The molecule has 2 amide bonds. The van der Waals surface area contributed by atoms with Crippen molar-refractivity contribution in [3.63, 3.8) is 0 Å². The number of nitrogens with zero attached hydrogens (tertiary/aromatic N) is 3. The van der Waals surface area contributed by atoms with E-state index in [9.17, 15) is 14.7 Å². The Kier molecular flexibility index (Phi) is 8.85. The Morgan fingerprint density at radius 2 is 1.67 bits per heavy atom. The zero-order valence-corrected chi connectivity index (χ0v) is 25.5. The highest BCUT2D eigenvalue weighted by molar-refractivity contribution is 5.91. The number of carbonyl (C=O) groups excluding carboxylic acids is 2. The van der Waals surface area contributed by atoms with Crippen LogP contribution in [0.4, 0.5) is 10.6 Å². The molecule has 2 aliphatic rings. The van der Waals surface area contributed by atoms with Crippen LogP contribution in [0.15, 0.2) is 60.7 Å². The smallest absolute Gasteiger partial charge is 0.409 e. The van der Waals surface area contributed by atoms with Crippen LogP contribution in [-0.2, 0) is 15.1 Å². The molecule has 228 valence electrons. The molecule has 0 bridgehead atoms. The Balaban J connectivity index is 1.27. The fourth-order valence-electron chi connectivity index (χ4n) is 6.95. The van der Waals surface area contributed by atoms with Crippen LogP contribution in [0.2, 0.25) is 0 Å². The molecule has 0 saturated heterocycles. The van der Waals surface area contributed by atoms with Crippen LogP contribution in [0.3, 0.4) is 0 Å². The molecule has 0 unspecified atom stereocenters. The molecule has 9 nitrogen and oxygen atoms in total. The van der Waals surface area contributed by atoms with Crippen molar-refractivity contribution < 1.29 is 19.4 Å². The molecule has 2 fully saturated rings. The number of hydrogen-bond acceptors (Lipinski definition) is 7. The van der Waals surface area contributed by atoms with E-state index >= 15 is 0 Å². The molecular weight excluding hydrogens is 542 g/mol. The van der Waals surface area contributed by atoms with Crippen LogP contribution in [0.25, 0.3) is 22.4 Å². The standard InChI is InChI=1S/C34H43N5O4/c1-22(2)39(32(41)43-4)27-16-10-23(11-17-27)18-30(40)36-29-19-28(24-8-6-5-7-9-24)31(38-37-29)25-12-14-26(15-13-25)34(35)20-33(3,42)21-34/h5-9,12-15,19,22-23,27,42H,10-11,16-18,20-21,35H2,1-4H3,(H,36,37,40). The Labute approximate surface area is 253 Å². The number of amides is 2. The maximum Gasteiger partial charge on any atom is 0.409 e. The highest BCUT2D eigenvalue weighted by atomic mass is 16.5. The molecule has 1 aromatic heterocycles. The summed E-state index contributed by atoms with van der Waals surface area (Å²) in [6.45, 7) is 5.81. The Hall–Kier alpha value is -3.82. The number of methoxy groups -OCH3 is 1. The van der Waals surface area contributed by atoms with Crippen molar-refractivity contribution in [2.45, 2.75) is 88.9 Å². The summed E-state index contributed by atoms with van der Waals surface area (Å²) < 4.78 is 4.99. The number of benzene rings is 2. The zero-order valence-electron chi connectivity index (χ0n) is 25.5. The maximum atomic E-state index is 13.1. The second-order valence-corrected chi connectivity index (χ2v) is 12.8. The van der Waals surface area contributed by atoms with Crippen LogP contribution >= 0.6 is 0 Å². The molecule has 0 radical (unpaired) electrons. The summed E-state index contributed by atoms with van der Waals surface area (Å²) >= 11 is 0. The fourth-order valence-corrected chi connectivity index (χ4v) is 6.95. The lowest BCUT2D eigenvalue weighted by Gasteiger charge is -2.49. The van der Waals surface area contributed by atoms with Crippen LogP contribution in [0.5, 0.6) is 0 Å². The second-order valence-electron chi connectivity index (χ2n) is 12.8. The lowest BCUT2D eigenvalue weighted by molar-refractivity contribution is -0.117. The predicted molar refractivity (Wildman–Crippen MR) is 167 cm³/mol. The van der Waals surface area contributed by atoms with Gasteiger partial charge in [-0.1, -0.05) is 54.6 Å². The molecule has 0 atom stereocenters. The average Bonchev–Trinajstić information content (AvgIpc) is 2.97. The van der Waals surface area contributed by atoms with Crippen LogP contribution in [0, 0.1) is 5.92 Å². The van der Waals surface area contributed by atoms with Crippen molar-refractivity contribution in [3.8, 4) is 22.4 Å². The van der Waals surface area contributed by atoms with Crippen LogP contribution < -0.4 is 11.1 Å². The molecular formula is C34H43N5O4. The summed E-state index contributed by atoms with van der Waals surface area (Å²) in [7, 11) is 1.42. The molecule has 1 heterocycles. The van der Waals surface area contributed by atoms with Gasteiger partial charge in [0.05, 0.1) is 12.7 Å². The molecule has 2 saturated carbocycles. The van der Waals surface area contributed by atoms with Crippen molar-refractivity contribution >= 4 is 17.8 Å². The summed E-state index contributed by atoms with van der Waals surface area (Å²) in [4.78, 5) is 27.2. The van der Waals surface area contributed by atoms with E-state index in [2.05, 4.69) is 15.5 Å². The first-order valence-corrected chi connectivity index (χ1v) is 15.2. The third-order valence-corrected chi connectivity index (χ3v) is 8.90. The van der Waals surface area contributed by atoms with E-state index in [0.717, 1.165) is 47.9 Å². The molecule has 3 aromatic rings. The van der Waals surface area contributed by atoms with Crippen molar-refractivity contribution in [1.29, 1.82) is 0 Å². The molecule has 9 heteroatoms. The fraction of sp³-hybridized carbons (Fsp3) is 0.471. The van der Waals surface area contributed by atoms with Gasteiger partial charge in [-0.25, -0.2) is 4.79 Å². The monoisotopic (exact) mass is 585 g/mol. The summed E-state index contributed by atoms with van der Waals surface area (Å²) in [5.74, 6) is 0.562. The van der Waals surface area contributed by atoms with Gasteiger partial charge < -0.3 is 25.8 Å². The van der Waals surface area contributed by atoms with Gasteiger partial charge in [-0.2, -0.15) is 0 Å². The van der Waals surface area contributed by atoms with Crippen molar-refractivity contribution in [2.24, 2.45) is 11.7 Å². The first kappa shape index (κ1) is 30.6. The molecule has 5 rings (SSSR count). The maximum absolute atomic E-state index is 13.1. The predicted octanol–water partition coefficient (Wildman–Crippen LogP) is 5.87. The topological polar surface area (TPSA) is 131 Å². The minimum atomic E-state index is -0.724. The van der Waals surface area contributed by atoms with Gasteiger partial charge in [0.2, 0.25) is 5.91 Å². The third-order valence-electron chi connectivity index (χ3n) is 8.90. The van der Waals surface area contributed by atoms with E-state index in [1.807, 2.05) is 86.3 Å². The number of aliphatic hydroxyl groups is 1. The van der Waals surface area contributed by atoms with E-state index in [4.69, 9.17) is 10.5 Å². The number of nitrogens with two attached hydrogens (primary N) is 1. The number of carbonyl (C=O) groups is 2. The highest BCUT2D eigenvalue weighted by Gasteiger charge is 2.49. The Bertz CT molecular complexity index is 1420. The van der Waals surface area contributed by atoms with Gasteiger partial charge in [-0.15, -0.1) is 10.2 Å². The minimum absolute atomic E-state index is 0.0632. The Morgan fingerprint density at radius 1 is 1.02 bits per heavy atom. The SMILES string of the molecule is COC(=O)N(C(C)C)C1CCC(CC(=O)Nc2cc(-c3ccccc3)c(-c3ccc(C4(N)CC(C)(O)C4)cc3)nn2)CC1. The van der Waals surface area contributed by atoms with Gasteiger partial charge in [0.1, 0.15) is 5.69 Å². The third kappa shape index (κ3) is 6.89. The number of nitrogens with one attached hydrogen (secondary N) is 1. The quantitative estimate of drug-likeness (QED) is 0.301. The van der Waals surface area contributed by atoms with Gasteiger partial charge in [-0.05, 0) is 82.4 Å².